The maximum Gasteiger partial charge on any atom is 0.251 e. The number of benzene rings is 1. The van der Waals surface area contributed by atoms with E-state index in [4.69, 9.17) is 0 Å². The molecule has 1 aliphatic carbocycles. The summed E-state index contributed by atoms with van der Waals surface area (Å²) in [7, 11) is -3.51. The molecule has 1 aromatic heterocycles. The molecule has 1 aromatic carbocycles. The van der Waals surface area contributed by atoms with Crippen LogP contribution in [0.15, 0.2) is 41.6 Å². The third-order valence-corrected chi connectivity index (χ3v) is 5.85. The number of carbonyl (C=O) groups is 1. The van der Waals surface area contributed by atoms with Gasteiger partial charge in [0.15, 0.2) is 0 Å². The van der Waals surface area contributed by atoms with Crippen molar-refractivity contribution in [2.24, 2.45) is 0 Å². The highest BCUT2D eigenvalue weighted by Crippen LogP contribution is 2.21. The van der Waals surface area contributed by atoms with Gasteiger partial charge in [0, 0.05) is 36.5 Å². The zero-order valence-corrected chi connectivity index (χ0v) is 14.9. The fraction of sp³-hybridized carbons (Fsp3) is 0.412. The Labute approximate surface area is 147 Å². The van der Waals surface area contributed by atoms with Crippen molar-refractivity contribution in [1.29, 1.82) is 0 Å². The van der Waals surface area contributed by atoms with Crippen LogP contribution in [0, 0.1) is 0 Å². The summed E-state index contributed by atoms with van der Waals surface area (Å²) in [5, 5.41) is 6.96. The number of nitrogens with zero attached hydrogens (tertiary/aromatic N) is 2. The van der Waals surface area contributed by atoms with Crippen LogP contribution in [-0.2, 0) is 23.1 Å². The lowest BCUT2D eigenvalue weighted by molar-refractivity contribution is 0.0951. The van der Waals surface area contributed by atoms with Gasteiger partial charge in [0.05, 0.1) is 11.1 Å². The average molecular weight is 362 g/mol. The second-order valence-electron chi connectivity index (χ2n) is 6.16. The number of hydrogen-bond acceptors (Lipinski definition) is 4. The van der Waals surface area contributed by atoms with Crippen LogP contribution in [0.2, 0.25) is 0 Å². The van der Waals surface area contributed by atoms with Crippen molar-refractivity contribution in [2.45, 2.75) is 50.2 Å². The summed E-state index contributed by atoms with van der Waals surface area (Å²) in [6.07, 6.45) is 6.42. The van der Waals surface area contributed by atoms with Gasteiger partial charge in [-0.2, -0.15) is 5.10 Å². The van der Waals surface area contributed by atoms with Crippen molar-refractivity contribution in [2.75, 3.05) is 0 Å². The first-order valence-corrected chi connectivity index (χ1v) is 9.88. The van der Waals surface area contributed by atoms with E-state index in [-0.39, 0.29) is 16.8 Å². The van der Waals surface area contributed by atoms with Crippen molar-refractivity contribution >= 4 is 15.9 Å². The van der Waals surface area contributed by atoms with Crippen molar-refractivity contribution < 1.29 is 13.2 Å². The number of rotatable bonds is 7. The van der Waals surface area contributed by atoms with Crippen molar-refractivity contribution in [3.8, 4) is 0 Å². The second-order valence-corrected chi connectivity index (χ2v) is 7.87. The smallest absolute Gasteiger partial charge is 0.251 e. The quantitative estimate of drug-likeness (QED) is 0.783. The van der Waals surface area contributed by atoms with Gasteiger partial charge in [-0.1, -0.05) is 6.42 Å². The van der Waals surface area contributed by atoms with Crippen molar-refractivity contribution in [3.05, 3.63) is 47.8 Å². The minimum Gasteiger partial charge on any atom is -0.348 e. The third kappa shape index (κ3) is 4.26. The molecule has 3 rings (SSSR count). The Balaban J connectivity index is 1.60. The lowest BCUT2D eigenvalue weighted by Gasteiger charge is -2.26. The largest absolute Gasteiger partial charge is 0.348 e. The summed E-state index contributed by atoms with van der Waals surface area (Å²) in [4.78, 5) is 12.4. The minimum absolute atomic E-state index is 0.0389. The molecule has 2 aromatic rings. The van der Waals surface area contributed by atoms with E-state index in [0.717, 1.165) is 31.4 Å². The Bertz CT molecular complexity index is 839. The molecule has 8 heteroatoms. The van der Waals surface area contributed by atoms with Crippen LogP contribution in [0.1, 0.15) is 42.1 Å². The molecule has 25 heavy (non-hydrogen) atoms. The Morgan fingerprint density at radius 2 is 2.00 bits per heavy atom. The maximum atomic E-state index is 12.2. The average Bonchev–Trinajstić information content (AvgIpc) is 3.04. The van der Waals surface area contributed by atoms with Crippen LogP contribution in [0.3, 0.4) is 0 Å². The maximum absolute atomic E-state index is 12.2. The van der Waals surface area contributed by atoms with Crippen LogP contribution in [0.5, 0.6) is 0 Å². The SMILES string of the molecule is CCn1cc(CNC(=O)c2ccc(S(=O)(=O)NC3CCC3)cc2)cn1. The van der Waals surface area contributed by atoms with Crippen LogP contribution >= 0.6 is 0 Å². The van der Waals surface area contributed by atoms with Crippen LogP contribution in [-0.4, -0.2) is 30.1 Å². The summed E-state index contributed by atoms with van der Waals surface area (Å²) in [6, 6.07) is 6.02. The zero-order valence-electron chi connectivity index (χ0n) is 14.1. The lowest BCUT2D eigenvalue weighted by atomic mass is 9.94. The van der Waals surface area contributed by atoms with Crippen molar-refractivity contribution in [3.63, 3.8) is 0 Å². The van der Waals surface area contributed by atoms with Crippen molar-refractivity contribution in [1.82, 2.24) is 19.8 Å². The van der Waals surface area contributed by atoms with Gasteiger partial charge < -0.3 is 5.32 Å². The predicted octanol–water partition coefficient (Wildman–Crippen LogP) is 1.66. The molecule has 1 heterocycles. The molecule has 0 spiro atoms. The number of carbonyl (C=O) groups excluding carboxylic acids is 1. The van der Waals surface area contributed by atoms with E-state index >= 15 is 0 Å². The molecule has 0 bridgehead atoms. The molecule has 2 N–H and O–H groups in total. The first-order chi connectivity index (χ1) is 12.0. The number of hydrogen-bond donors (Lipinski definition) is 2. The van der Waals surface area contributed by atoms with E-state index < -0.39 is 10.0 Å². The molecular weight excluding hydrogens is 340 g/mol. The third-order valence-electron chi connectivity index (χ3n) is 4.32. The normalized spacial score (nSPS) is 14.9. The predicted molar refractivity (Wildman–Crippen MR) is 93.5 cm³/mol. The summed E-state index contributed by atoms with van der Waals surface area (Å²) in [6.45, 7) is 3.14. The highest BCUT2D eigenvalue weighted by molar-refractivity contribution is 7.89. The number of aryl methyl sites for hydroxylation is 1. The molecule has 0 atom stereocenters. The molecule has 0 radical (unpaired) electrons. The number of amides is 1. The molecule has 0 saturated heterocycles. The first kappa shape index (κ1) is 17.6. The number of sulfonamides is 1. The Morgan fingerprint density at radius 1 is 1.28 bits per heavy atom. The summed E-state index contributed by atoms with van der Waals surface area (Å²) < 4.78 is 28.9. The molecule has 1 aliphatic rings. The van der Waals surface area contributed by atoms with Gasteiger partial charge in [0.2, 0.25) is 10.0 Å². The van der Waals surface area contributed by atoms with Gasteiger partial charge in [0.25, 0.3) is 5.91 Å². The molecule has 134 valence electrons. The Morgan fingerprint density at radius 3 is 2.56 bits per heavy atom. The lowest BCUT2D eigenvalue weighted by Crippen LogP contribution is -2.39. The van der Waals surface area contributed by atoms with Gasteiger partial charge in [-0.3, -0.25) is 9.48 Å². The Kier molecular flexibility index (Phi) is 5.19. The first-order valence-electron chi connectivity index (χ1n) is 8.40. The molecule has 7 nitrogen and oxygen atoms in total. The molecule has 1 amide bonds. The van der Waals surface area contributed by atoms with E-state index in [2.05, 4.69) is 15.1 Å². The Hall–Kier alpha value is -2.19. The van der Waals surface area contributed by atoms with E-state index in [1.54, 1.807) is 10.9 Å². The molecule has 1 fully saturated rings. The number of aromatic nitrogens is 2. The topological polar surface area (TPSA) is 93.1 Å². The van der Waals surface area contributed by atoms with E-state index in [1.807, 2.05) is 13.1 Å². The van der Waals surface area contributed by atoms with Crippen LogP contribution in [0.25, 0.3) is 0 Å². The van der Waals surface area contributed by atoms with Gasteiger partial charge in [0.1, 0.15) is 0 Å². The summed E-state index contributed by atoms with van der Waals surface area (Å²) in [5.41, 5.74) is 1.34. The van der Waals surface area contributed by atoms with Gasteiger partial charge >= 0.3 is 0 Å². The zero-order chi connectivity index (χ0) is 17.9. The van der Waals surface area contributed by atoms with Crippen LogP contribution < -0.4 is 10.0 Å². The fourth-order valence-corrected chi connectivity index (χ4v) is 3.86. The van der Waals surface area contributed by atoms with Crippen LogP contribution in [0.4, 0.5) is 0 Å². The van der Waals surface area contributed by atoms with E-state index in [9.17, 15) is 13.2 Å². The monoisotopic (exact) mass is 362 g/mol. The van der Waals surface area contributed by atoms with Gasteiger partial charge in [-0.05, 0) is 44.0 Å². The summed E-state index contributed by atoms with van der Waals surface area (Å²) >= 11 is 0. The molecule has 1 saturated carbocycles. The highest BCUT2D eigenvalue weighted by Gasteiger charge is 2.24. The van der Waals surface area contributed by atoms with E-state index in [1.165, 1.54) is 24.3 Å². The minimum atomic E-state index is -3.51. The van der Waals surface area contributed by atoms with Gasteiger partial charge in [-0.15, -0.1) is 0 Å². The van der Waals surface area contributed by atoms with E-state index in [0.29, 0.717) is 12.1 Å². The fourth-order valence-electron chi connectivity index (χ4n) is 2.55. The molecule has 0 aliphatic heterocycles. The second kappa shape index (κ2) is 7.37. The highest BCUT2D eigenvalue weighted by atomic mass is 32.2. The summed E-state index contributed by atoms with van der Waals surface area (Å²) in [5.74, 6) is -0.250. The molecule has 0 unspecified atom stereocenters. The molecular formula is C17H22N4O3S. The number of nitrogens with one attached hydrogen (secondary N) is 2. The standard InChI is InChI=1S/C17H22N4O3S/c1-2-21-12-13(11-19-21)10-18-17(22)14-6-8-16(9-7-14)25(23,24)20-15-4-3-5-15/h6-9,11-12,15,20H,2-5,10H2,1H3,(H,18,22). The van der Waals surface area contributed by atoms with Gasteiger partial charge in [-0.25, -0.2) is 13.1 Å².